The Morgan fingerprint density at radius 1 is 1.17 bits per heavy atom. The lowest BCUT2D eigenvalue weighted by Gasteiger charge is -2.00. The molecule has 1 aromatic rings. The topological polar surface area (TPSA) is 46.2 Å². The molecule has 0 atom stereocenters. The van der Waals surface area contributed by atoms with Crippen LogP contribution < -0.4 is 5.73 Å². The van der Waals surface area contributed by atoms with Crippen LogP contribution in [0.1, 0.15) is 5.56 Å². The summed E-state index contributed by atoms with van der Waals surface area (Å²) < 4.78 is 0. The van der Waals surface area contributed by atoms with Crippen molar-refractivity contribution in [3.8, 4) is 0 Å². The van der Waals surface area contributed by atoms with Gasteiger partial charge in [-0.15, -0.1) is 24.8 Å². The number of hydrogen-bond acceptors (Lipinski definition) is 2. The molecule has 0 unspecified atom stereocenters. The van der Waals surface area contributed by atoms with E-state index in [2.05, 4.69) is 0 Å². The molecule has 0 heterocycles. The third-order valence-electron chi connectivity index (χ3n) is 1.44. The van der Waals surface area contributed by atoms with Gasteiger partial charge in [0.2, 0.25) is 0 Å². The first-order valence-electron chi connectivity index (χ1n) is 3.29. The summed E-state index contributed by atoms with van der Waals surface area (Å²) in [5, 5.41) is 8.59. The molecule has 0 aliphatic heterocycles. The summed E-state index contributed by atoms with van der Waals surface area (Å²) in [6, 6.07) is 7.56. The fourth-order valence-electron chi connectivity index (χ4n) is 0.882. The van der Waals surface area contributed by atoms with Crippen molar-refractivity contribution in [3.05, 3.63) is 29.8 Å². The molecule has 70 valence electrons. The van der Waals surface area contributed by atoms with E-state index in [1.54, 1.807) is 0 Å². The van der Waals surface area contributed by atoms with E-state index in [1.807, 2.05) is 24.3 Å². The maximum absolute atomic E-state index is 8.59. The zero-order valence-corrected chi connectivity index (χ0v) is 8.20. The smallest absolute Gasteiger partial charge is 0.0472 e. The molecule has 0 aliphatic carbocycles. The number of nitrogen functional groups attached to an aromatic ring is 1. The highest BCUT2D eigenvalue weighted by molar-refractivity contribution is 5.85. The van der Waals surface area contributed by atoms with Gasteiger partial charge in [0.1, 0.15) is 0 Å². The molecule has 2 nitrogen and oxygen atoms in total. The van der Waals surface area contributed by atoms with Gasteiger partial charge in [0, 0.05) is 12.3 Å². The van der Waals surface area contributed by atoms with Crippen LogP contribution in [0.2, 0.25) is 0 Å². The summed E-state index contributed by atoms with van der Waals surface area (Å²) in [4.78, 5) is 0. The lowest BCUT2D eigenvalue weighted by Crippen LogP contribution is -1.96. The van der Waals surface area contributed by atoms with Crippen LogP contribution in [0.5, 0.6) is 0 Å². The van der Waals surface area contributed by atoms with Gasteiger partial charge in [0.15, 0.2) is 0 Å². The summed E-state index contributed by atoms with van der Waals surface area (Å²) >= 11 is 0. The molecule has 1 aromatic carbocycles. The minimum Gasteiger partial charge on any atom is -0.399 e. The van der Waals surface area contributed by atoms with Gasteiger partial charge in [-0.1, -0.05) is 18.2 Å². The Hall–Kier alpha value is -0.440. The standard InChI is InChI=1S/C8H11NO.2ClH/c9-8-4-2-1-3-7(8)5-6-10;;/h1-4,10H,5-6,9H2;2*1H. The summed E-state index contributed by atoms with van der Waals surface area (Å²) in [5.41, 5.74) is 7.37. The second-order valence-electron chi connectivity index (χ2n) is 2.17. The monoisotopic (exact) mass is 209 g/mol. The van der Waals surface area contributed by atoms with E-state index in [1.165, 1.54) is 0 Å². The summed E-state index contributed by atoms with van der Waals surface area (Å²) in [7, 11) is 0. The third-order valence-corrected chi connectivity index (χ3v) is 1.44. The molecule has 0 saturated heterocycles. The van der Waals surface area contributed by atoms with E-state index >= 15 is 0 Å². The predicted octanol–water partition coefficient (Wildman–Crippen LogP) is 1.65. The van der Waals surface area contributed by atoms with E-state index in [0.717, 1.165) is 11.3 Å². The van der Waals surface area contributed by atoms with Crippen LogP contribution in [-0.4, -0.2) is 11.7 Å². The molecule has 0 amide bonds. The molecule has 4 heteroatoms. The Morgan fingerprint density at radius 2 is 1.75 bits per heavy atom. The maximum Gasteiger partial charge on any atom is 0.0472 e. The highest BCUT2D eigenvalue weighted by Crippen LogP contribution is 2.09. The van der Waals surface area contributed by atoms with E-state index in [4.69, 9.17) is 10.8 Å². The van der Waals surface area contributed by atoms with Gasteiger partial charge in [0.05, 0.1) is 0 Å². The summed E-state index contributed by atoms with van der Waals surface area (Å²) in [6.45, 7) is 0.161. The Bertz CT molecular complexity index is 218. The minimum absolute atomic E-state index is 0. The highest BCUT2D eigenvalue weighted by atomic mass is 35.5. The fraction of sp³-hybridized carbons (Fsp3) is 0.250. The Kier molecular flexibility index (Phi) is 8.49. The van der Waals surface area contributed by atoms with Crippen molar-refractivity contribution in [1.29, 1.82) is 0 Å². The highest BCUT2D eigenvalue weighted by Gasteiger charge is 1.93. The molecular formula is C8H13Cl2NO. The SMILES string of the molecule is Cl.Cl.Nc1ccccc1CCO. The number of benzene rings is 1. The molecule has 0 aliphatic rings. The first-order chi connectivity index (χ1) is 4.84. The van der Waals surface area contributed by atoms with Gasteiger partial charge < -0.3 is 10.8 Å². The zero-order valence-electron chi connectivity index (χ0n) is 6.56. The van der Waals surface area contributed by atoms with E-state index in [-0.39, 0.29) is 31.4 Å². The predicted molar refractivity (Wildman–Crippen MR) is 56.1 cm³/mol. The number of hydrogen-bond donors (Lipinski definition) is 2. The van der Waals surface area contributed by atoms with Crippen LogP contribution in [0.25, 0.3) is 0 Å². The van der Waals surface area contributed by atoms with Crippen molar-refractivity contribution in [3.63, 3.8) is 0 Å². The molecule has 0 spiro atoms. The summed E-state index contributed by atoms with van der Waals surface area (Å²) in [6.07, 6.45) is 0.646. The van der Waals surface area contributed by atoms with Crippen LogP contribution in [0, 0.1) is 0 Å². The van der Waals surface area contributed by atoms with Gasteiger partial charge in [-0.05, 0) is 18.1 Å². The van der Waals surface area contributed by atoms with E-state index < -0.39 is 0 Å². The van der Waals surface area contributed by atoms with Crippen molar-refractivity contribution < 1.29 is 5.11 Å². The maximum atomic E-state index is 8.59. The molecule has 0 saturated carbocycles. The quantitative estimate of drug-likeness (QED) is 0.729. The van der Waals surface area contributed by atoms with Crippen LogP contribution in [-0.2, 0) is 6.42 Å². The second-order valence-corrected chi connectivity index (χ2v) is 2.17. The second kappa shape index (κ2) is 7.22. The molecule has 0 aromatic heterocycles. The fourth-order valence-corrected chi connectivity index (χ4v) is 0.882. The van der Waals surface area contributed by atoms with Crippen molar-refractivity contribution in [2.45, 2.75) is 6.42 Å². The van der Waals surface area contributed by atoms with E-state index in [0.29, 0.717) is 6.42 Å². The average molecular weight is 210 g/mol. The minimum atomic E-state index is 0. The molecule has 3 N–H and O–H groups in total. The Labute approximate surface area is 84.6 Å². The normalized spacial score (nSPS) is 8.08. The Morgan fingerprint density at radius 3 is 2.25 bits per heavy atom. The lowest BCUT2D eigenvalue weighted by molar-refractivity contribution is 0.300. The molecule has 12 heavy (non-hydrogen) atoms. The molecule has 1 rings (SSSR count). The van der Waals surface area contributed by atoms with Crippen LogP contribution in [0.3, 0.4) is 0 Å². The first-order valence-corrected chi connectivity index (χ1v) is 3.29. The first kappa shape index (κ1) is 14.1. The third kappa shape index (κ3) is 3.81. The number of halogens is 2. The van der Waals surface area contributed by atoms with Gasteiger partial charge in [-0.25, -0.2) is 0 Å². The number of aliphatic hydroxyl groups is 1. The van der Waals surface area contributed by atoms with Gasteiger partial charge in [-0.3, -0.25) is 0 Å². The largest absolute Gasteiger partial charge is 0.399 e. The van der Waals surface area contributed by atoms with Crippen LogP contribution in [0.4, 0.5) is 5.69 Å². The molecule has 0 fully saturated rings. The lowest BCUT2D eigenvalue weighted by atomic mass is 10.1. The zero-order chi connectivity index (χ0) is 7.40. The van der Waals surface area contributed by atoms with Gasteiger partial charge in [-0.2, -0.15) is 0 Å². The van der Waals surface area contributed by atoms with E-state index in [9.17, 15) is 0 Å². The molecule has 0 radical (unpaired) electrons. The van der Waals surface area contributed by atoms with Crippen molar-refractivity contribution in [2.24, 2.45) is 0 Å². The number of rotatable bonds is 2. The van der Waals surface area contributed by atoms with Crippen LogP contribution in [0.15, 0.2) is 24.3 Å². The number of anilines is 1. The number of para-hydroxylation sites is 1. The molecular weight excluding hydrogens is 197 g/mol. The summed E-state index contributed by atoms with van der Waals surface area (Å²) in [5.74, 6) is 0. The van der Waals surface area contributed by atoms with Crippen molar-refractivity contribution in [2.75, 3.05) is 12.3 Å². The number of aliphatic hydroxyl groups excluding tert-OH is 1. The number of nitrogens with two attached hydrogens (primary N) is 1. The van der Waals surface area contributed by atoms with Gasteiger partial charge in [0.25, 0.3) is 0 Å². The van der Waals surface area contributed by atoms with Crippen molar-refractivity contribution >= 4 is 30.5 Å². The Balaban J connectivity index is 0. The van der Waals surface area contributed by atoms with Gasteiger partial charge >= 0.3 is 0 Å². The molecule has 0 bridgehead atoms. The average Bonchev–Trinajstić information content (AvgIpc) is 1.94. The van der Waals surface area contributed by atoms with Crippen LogP contribution >= 0.6 is 24.8 Å². The van der Waals surface area contributed by atoms with Crippen molar-refractivity contribution in [1.82, 2.24) is 0 Å².